The van der Waals surface area contributed by atoms with Crippen molar-refractivity contribution in [3.63, 3.8) is 0 Å². The van der Waals surface area contributed by atoms with Gasteiger partial charge in [0.2, 0.25) is 0 Å². The zero-order valence-corrected chi connectivity index (χ0v) is 11.0. The molecule has 1 N–H and O–H groups in total. The molecular weight excluding hydrogens is 230 g/mol. The molecule has 0 saturated carbocycles. The van der Waals surface area contributed by atoms with Gasteiger partial charge in [-0.15, -0.1) is 11.8 Å². The van der Waals surface area contributed by atoms with Gasteiger partial charge in [0.05, 0.1) is 5.37 Å². The molecule has 0 radical (unpaired) electrons. The number of hydrogen-bond donors (Lipinski definition) is 1. The Balaban J connectivity index is 2.02. The third-order valence-corrected chi connectivity index (χ3v) is 4.78. The fourth-order valence-electron chi connectivity index (χ4n) is 2.39. The van der Waals surface area contributed by atoms with E-state index in [9.17, 15) is 0 Å². The lowest BCUT2D eigenvalue weighted by atomic mass is 10.1. The quantitative estimate of drug-likeness (QED) is 0.831. The molecule has 1 aliphatic rings. The monoisotopic (exact) mass is 247 g/mol. The standard InChI is InChI=1S/C14H17NOS/c1-9-7-15-14(17-8-9)13-10(2)16-12-6-4-3-5-11(12)13/h3-6,9,14-15H,7-8H2,1-2H3. The summed E-state index contributed by atoms with van der Waals surface area (Å²) in [5.74, 6) is 3.02. The molecule has 90 valence electrons. The predicted molar refractivity (Wildman–Crippen MR) is 73.3 cm³/mol. The first-order chi connectivity index (χ1) is 8.25. The molecule has 3 heteroatoms. The van der Waals surface area contributed by atoms with Crippen LogP contribution in [-0.2, 0) is 0 Å². The van der Waals surface area contributed by atoms with Gasteiger partial charge in [-0.3, -0.25) is 0 Å². The van der Waals surface area contributed by atoms with Crippen LogP contribution in [0.5, 0.6) is 0 Å². The summed E-state index contributed by atoms with van der Waals surface area (Å²) >= 11 is 1.99. The van der Waals surface area contributed by atoms with Crippen LogP contribution in [0.3, 0.4) is 0 Å². The van der Waals surface area contributed by atoms with Gasteiger partial charge in [0.1, 0.15) is 11.3 Å². The third kappa shape index (κ3) is 1.98. The van der Waals surface area contributed by atoms with E-state index in [1.165, 1.54) is 16.7 Å². The molecule has 0 aliphatic carbocycles. The van der Waals surface area contributed by atoms with Crippen molar-refractivity contribution >= 4 is 22.7 Å². The van der Waals surface area contributed by atoms with E-state index < -0.39 is 0 Å². The normalized spacial score (nSPS) is 25.3. The van der Waals surface area contributed by atoms with Crippen LogP contribution in [0.2, 0.25) is 0 Å². The third-order valence-electron chi connectivity index (χ3n) is 3.28. The maximum absolute atomic E-state index is 5.83. The van der Waals surface area contributed by atoms with Crippen LogP contribution in [0.15, 0.2) is 28.7 Å². The van der Waals surface area contributed by atoms with Gasteiger partial charge in [0, 0.05) is 10.9 Å². The smallest absolute Gasteiger partial charge is 0.134 e. The molecule has 3 rings (SSSR count). The van der Waals surface area contributed by atoms with E-state index >= 15 is 0 Å². The molecule has 1 fully saturated rings. The van der Waals surface area contributed by atoms with Crippen LogP contribution in [0.1, 0.15) is 23.6 Å². The second-order valence-electron chi connectivity index (χ2n) is 4.79. The van der Waals surface area contributed by atoms with Crippen molar-refractivity contribution in [2.75, 3.05) is 12.3 Å². The van der Waals surface area contributed by atoms with Gasteiger partial charge in [0.25, 0.3) is 0 Å². The van der Waals surface area contributed by atoms with E-state index in [2.05, 4.69) is 31.3 Å². The summed E-state index contributed by atoms with van der Waals surface area (Å²) in [7, 11) is 0. The molecule has 2 nitrogen and oxygen atoms in total. The molecule has 2 atom stereocenters. The Morgan fingerprint density at radius 3 is 2.94 bits per heavy atom. The molecule has 17 heavy (non-hydrogen) atoms. The Labute approximate surface area is 106 Å². The van der Waals surface area contributed by atoms with Crippen molar-refractivity contribution in [2.24, 2.45) is 5.92 Å². The summed E-state index contributed by atoms with van der Waals surface area (Å²) in [6.45, 7) is 5.45. The van der Waals surface area contributed by atoms with Gasteiger partial charge < -0.3 is 9.73 Å². The number of hydrogen-bond acceptors (Lipinski definition) is 3. The number of fused-ring (bicyclic) bond motifs is 1. The Hall–Kier alpha value is -0.930. The van der Waals surface area contributed by atoms with E-state index in [1.54, 1.807) is 0 Å². The highest BCUT2D eigenvalue weighted by Crippen LogP contribution is 2.38. The molecular formula is C14H17NOS. The molecule has 2 aromatic rings. The molecule has 0 bridgehead atoms. The molecule has 1 aromatic carbocycles. The molecule has 0 spiro atoms. The average molecular weight is 247 g/mol. The van der Waals surface area contributed by atoms with Gasteiger partial charge in [-0.05, 0) is 31.2 Å². The SMILES string of the molecule is Cc1oc2ccccc2c1C1NCC(C)CS1. The Morgan fingerprint density at radius 1 is 1.35 bits per heavy atom. The van der Waals surface area contributed by atoms with Gasteiger partial charge in [-0.25, -0.2) is 0 Å². The van der Waals surface area contributed by atoms with Gasteiger partial charge in [-0.2, -0.15) is 0 Å². The van der Waals surface area contributed by atoms with E-state index in [4.69, 9.17) is 4.42 Å². The number of para-hydroxylation sites is 1. The van der Waals surface area contributed by atoms with Crippen LogP contribution in [0, 0.1) is 12.8 Å². The highest BCUT2D eigenvalue weighted by molar-refractivity contribution is 7.99. The van der Waals surface area contributed by atoms with Crippen LogP contribution < -0.4 is 5.32 Å². The van der Waals surface area contributed by atoms with Crippen LogP contribution in [0.25, 0.3) is 11.0 Å². The molecule has 2 unspecified atom stereocenters. The maximum Gasteiger partial charge on any atom is 0.134 e. The van der Waals surface area contributed by atoms with Crippen molar-refractivity contribution < 1.29 is 4.42 Å². The lowest BCUT2D eigenvalue weighted by Crippen LogP contribution is -2.31. The molecule has 1 aliphatic heterocycles. The summed E-state index contributed by atoms with van der Waals surface area (Å²) in [5, 5.41) is 5.25. The zero-order valence-electron chi connectivity index (χ0n) is 10.2. The zero-order chi connectivity index (χ0) is 11.8. The summed E-state index contributed by atoms with van der Waals surface area (Å²) in [4.78, 5) is 0. The number of thioether (sulfide) groups is 1. The van der Waals surface area contributed by atoms with Crippen molar-refractivity contribution in [1.29, 1.82) is 0 Å². The molecule has 1 aromatic heterocycles. The second-order valence-corrected chi connectivity index (χ2v) is 5.93. The van der Waals surface area contributed by atoms with Crippen LogP contribution in [-0.4, -0.2) is 12.3 Å². The number of aryl methyl sites for hydroxylation is 1. The Bertz CT molecular complexity index is 526. The van der Waals surface area contributed by atoms with Crippen LogP contribution in [0.4, 0.5) is 0 Å². The van der Waals surface area contributed by atoms with E-state index in [-0.39, 0.29) is 0 Å². The fraction of sp³-hybridized carbons (Fsp3) is 0.429. The van der Waals surface area contributed by atoms with Crippen molar-refractivity contribution in [1.82, 2.24) is 5.32 Å². The first-order valence-electron chi connectivity index (χ1n) is 6.08. The summed E-state index contributed by atoms with van der Waals surface area (Å²) in [6, 6.07) is 8.30. The number of furan rings is 1. The summed E-state index contributed by atoms with van der Waals surface area (Å²) in [5.41, 5.74) is 2.33. The first-order valence-corrected chi connectivity index (χ1v) is 7.13. The van der Waals surface area contributed by atoms with E-state index in [1.807, 2.05) is 23.9 Å². The lowest BCUT2D eigenvalue weighted by Gasteiger charge is -2.27. The van der Waals surface area contributed by atoms with Crippen molar-refractivity contribution in [2.45, 2.75) is 19.2 Å². The number of nitrogens with one attached hydrogen (secondary N) is 1. The predicted octanol–water partition coefficient (Wildman–Crippen LogP) is 3.71. The number of benzene rings is 1. The maximum atomic E-state index is 5.83. The average Bonchev–Trinajstić information content (AvgIpc) is 2.66. The minimum Gasteiger partial charge on any atom is -0.461 e. The topological polar surface area (TPSA) is 25.2 Å². The fourth-order valence-corrected chi connectivity index (χ4v) is 3.70. The lowest BCUT2D eigenvalue weighted by molar-refractivity contribution is 0.517. The van der Waals surface area contributed by atoms with Crippen molar-refractivity contribution in [3.8, 4) is 0 Å². The van der Waals surface area contributed by atoms with Crippen LogP contribution >= 0.6 is 11.8 Å². The summed E-state index contributed by atoms with van der Waals surface area (Å²) in [6.07, 6.45) is 0. The van der Waals surface area contributed by atoms with E-state index in [0.717, 1.165) is 23.8 Å². The second kappa shape index (κ2) is 4.39. The summed E-state index contributed by atoms with van der Waals surface area (Å²) < 4.78 is 5.83. The largest absolute Gasteiger partial charge is 0.461 e. The van der Waals surface area contributed by atoms with Gasteiger partial charge in [-0.1, -0.05) is 25.1 Å². The Kier molecular flexibility index (Phi) is 2.89. The molecule has 1 saturated heterocycles. The minimum absolute atomic E-state index is 0.384. The van der Waals surface area contributed by atoms with Gasteiger partial charge >= 0.3 is 0 Å². The minimum atomic E-state index is 0.384. The molecule has 0 amide bonds. The molecule has 2 heterocycles. The van der Waals surface area contributed by atoms with E-state index in [0.29, 0.717) is 5.37 Å². The number of rotatable bonds is 1. The first kappa shape index (κ1) is 11.2. The highest BCUT2D eigenvalue weighted by atomic mass is 32.2. The highest BCUT2D eigenvalue weighted by Gasteiger charge is 2.24. The van der Waals surface area contributed by atoms with Crippen molar-refractivity contribution in [3.05, 3.63) is 35.6 Å². The van der Waals surface area contributed by atoms with Gasteiger partial charge in [0.15, 0.2) is 0 Å². The Morgan fingerprint density at radius 2 is 2.18 bits per heavy atom.